The van der Waals surface area contributed by atoms with E-state index in [0.717, 1.165) is 6.42 Å². The molecule has 0 aromatic heterocycles. The number of carbonyl (C=O) groups excluding carboxylic acids is 2. The van der Waals surface area contributed by atoms with Crippen molar-refractivity contribution < 1.29 is 14.7 Å². The van der Waals surface area contributed by atoms with Crippen LogP contribution in [-0.4, -0.2) is 82.0 Å². The average Bonchev–Trinajstić information content (AvgIpc) is 2.82. The molecule has 2 atom stereocenters. The van der Waals surface area contributed by atoms with E-state index >= 15 is 0 Å². The molecule has 3 saturated heterocycles. The summed E-state index contributed by atoms with van der Waals surface area (Å²) in [4.78, 5) is 30.9. The second kappa shape index (κ2) is 5.74. The van der Waals surface area contributed by atoms with Gasteiger partial charge in [0.25, 0.3) is 0 Å². The Bertz CT molecular complexity index is 499. The standard InChI is InChI=1S/C17H29N3O3/c1-11(2)15(22)18-6-13-5-14(21)7-20(13)17(8-18)9-19(10-17)16(23)12(3)4/h11-14,21H,5-10H2,1-4H3. The number of hydrogen-bond acceptors (Lipinski definition) is 4. The first-order chi connectivity index (χ1) is 10.7. The second-order valence-corrected chi connectivity index (χ2v) is 8.14. The highest BCUT2D eigenvalue weighted by atomic mass is 16.3. The summed E-state index contributed by atoms with van der Waals surface area (Å²) in [5.41, 5.74) is -0.157. The van der Waals surface area contributed by atoms with Gasteiger partial charge in [0.05, 0.1) is 11.6 Å². The lowest BCUT2D eigenvalue weighted by atomic mass is 9.82. The number of β-amino-alcohol motifs (C(OH)–C–C–N with tert-alkyl or cyclic N) is 1. The van der Waals surface area contributed by atoms with Crippen molar-refractivity contribution in [2.45, 2.75) is 51.8 Å². The maximum Gasteiger partial charge on any atom is 0.225 e. The molecule has 6 nitrogen and oxygen atoms in total. The largest absolute Gasteiger partial charge is 0.392 e. The molecule has 0 radical (unpaired) electrons. The fourth-order valence-electron chi connectivity index (χ4n) is 4.41. The lowest BCUT2D eigenvalue weighted by Crippen LogP contribution is -2.79. The first-order valence-electron chi connectivity index (χ1n) is 8.76. The number of carbonyl (C=O) groups is 2. The SMILES string of the molecule is CC(C)C(=O)N1CC2CC(O)CN2C2(C1)CN(C(=O)C(C)C)C2. The van der Waals surface area contributed by atoms with Crippen LogP contribution in [0.3, 0.4) is 0 Å². The number of hydrogen-bond donors (Lipinski definition) is 1. The van der Waals surface area contributed by atoms with Crippen molar-refractivity contribution in [3.63, 3.8) is 0 Å². The normalized spacial score (nSPS) is 30.0. The summed E-state index contributed by atoms with van der Waals surface area (Å²) < 4.78 is 0. The Morgan fingerprint density at radius 2 is 1.48 bits per heavy atom. The molecule has 2 amide bonds. The van der Waals surface area contributed by atoms with Crippen LogP contribution in [0.4, 0.5) is 0 Å². The first-order valence-corrected chi connectivity index (χ1v) is 8.76. The van der Waals surface area contributed by atoms with Crippen molar-refractivity contribution in [1.82, 2.24) is 14.7 Å². The highest BCUT2D eigenvalue weighted by molar-refractivity contribution is 5.80. The third-order valence-electron chi connectivity index (χ3n) is 5.50. The highest BCUT2D eigenvalue weighted by Crippen LogP contribution is 2.39. The van der Waals surface area contributed by atoms with Crippen LogP contribution in [0.15, 0.2) is 0 Å². The molecule has 3 rings (SSSR count). The minimum absolute atomic E-state index is 0.00399. The van der Waals surface area contributed by atoms with Gasteiger partial charge in [-0.25, -0.2) is 0 Å². The van der Waals surface area contributed by atoms with Crippen molar-refractivity contribution >= 4 is 11.8 Å². The topological polar surface area (TPSA) is 64.1 Å². The zero-order chi connectivity index (χ0) is 16.9. The molecule has 23 heavy (non-hydrogen) atoms. The van der Waals surface area contributed by atoms with E-state index in [0.29, 0.717) is 32.7 Å². The highest BCUT2D eigenvalue weighted by Gasteiger charge is 2.57. The second-order valence-electron chi connectivity index (χ2n) is 8.14. The minimum Gasteiger partial charge on any atom is -0.392 e. The van der Waals surface area contributed by atoms with Gasteiger partial charge in [-0.1, -0.05) is 27.7 Å². The van der Waals surface area contributed by atoms with Crippen molar-refractivity contribution in [3.8, 4) is 0 Å². The van der Waals surface area contributed by atoms with Gasteiger partial charge in [-0.05, 0) is 6.42 Å². The number of nitrogens with zero attached hydrogens (tertiary/aromatic N) is 3. The van der Waals surface area contributed by atoms with Gasteiger partial charge in [0.2, 0.25) is 11.8 Å². The lowest BCUT2D eigenvalue weighted by molar-refractivity contribution is -0.165. The summed E-state index contributed by atoms with van der Waals surface area (Å²) in [6, 6.07) is 0.220. The molecule has 2 unspecified atom stereocenters. The van der Waals surface area contributed by atoms with E-state index in [1.165, 1.54) is 0 Å². The molecule has 0 aromatic rings. The van der Waals surface area contributed by atoms with Crippen LogP contribution in [-0.2, 0) is 9.59 Å². The molecule has 3 heterocycles. The number of rotatable bonds is 2. The molecule has 0 aromatic carbocycles. The summed E-state index contributed by atoms with van der Waals surface area (Å²) >= 11 is 0. The van der Waals surface area contributed by atoms with Crippen LogP contribution >= 0.6 is 0 Å². The van der Waals surface area contributed by atoms with Crippen molar-refractivity contribution in [2.75, 3.05) is 32.7 Å². The van der Waals surface area contributed by atoms with Crippen LogP contribution in [0.5, 0.6) is 0 Å². The molecular weight excluding hydrogens is 294 g/mol. The lowest BCUT2D eigenvalue weighted by Gasteiger charge is -2.61. The molecule has 6 heteroatoms. The van der Waals surface area contributed by atoms with E-state index in [1.54, 1.807) is 0 Å². The zero-order valence-electron chi connectivity index (χ0n) is 14.7. The molecular formula is C17H29N3O3. The molecule has 130 valence electrons. The molecule has 1 N–H and O–H groups in total. The van der Waals surface area contributed by atoms with E-state index in [-0.39, 0.29) is 41.3 Å². The van der Waals surface area contributed by atoms with Gasteiger partial charge in [0.1, 0.15) is 0 Å². The Hall–Kier alpha value is -1.14. The predicted octanol–water partition coefficient (Wildman–Crippen LogP) is 0.157. The van der Waals surface area contributed by atoms with E-state index in [4.69, 9.17) is 0 Å². The molecule has 3 fully saturated rings. The monoisotopic (exact) mass is 323 g/mol. The van der Waals surface area contributed by atoms with Crippen LogP contribution in [0.1, 0.15) is 34.1 Å². The average molecular weight is 323 g/mol. The number of likely N-dealkylation sites (tertiary alicyclic amines) is 1. The van der Waals surface area contributed by atoms with Crippen molar-refractivity contribution in [2.24, 2.45) is 11.8 Å². The third-order valence-corrected chi connectivity index (χ3v) is 5.50. The Morgan fingerprint density at radius 1 is 0.957 bits per heavy atom. The fraction of sp³-hybridized carbons (Fsp3) is 0.882. The molecule has 3 aliphatic rings. The number of aliphatic hydroxyl groups is 1. The number of fused-ring (bicyclic) bond motifs is 2. The molecule has 3 aliphatic heterocycles. The minimum atomic E-state index is -0.319. The summed E-state index contributed by atoms with van der Waals surface area (Å²) in [6.45, 7) is 11.1. The summed E-state index contributed by atoms with van der Waals surface area (Å²) in [5, 5.41) is 10.1. The Morgan fingerprint density at radius 3 is 2.04 bits per heavy atom. The fourth-order valence-corrected chi connectivity index (χ4v) is 4.41. The zero-order valence-corrected chi connectivity index (χ0v) is 14.7. The van der Waals surface area contributed by atoms with E-state index in [1.807, 2.05) is 37.5 Å². The third kappa shape index (κ3) is 2.76. The molecule has 1 spiro atoms. The Balaban J connectivity index is 1.77. The molecule has 0 bridgehead atoms. The van der Waals surface area contributed by atoms with Gasteiger partial charge in [-0.3, -0.25) is 14.5 Å². The van der Waals surface area contributed by atoms with Crippen LogP contribution in [0.2, 0.25) is 0 Å². The van der Waals surface area contributed by atoms with Gasteiger partial charge >= 0.3 is 0 Å². The predicted molar refractivity (Wildman–Crippen MR) is 86.7 cm³/mol. The van der Waals surface area contributed by atoms with Gasteiger partial charge in [0.15, 0.2) is 0 Å². The van der Waals surface area contributed by atoms with E-state index < -0.39 is 0 Å². The first kappa shape index (κ1) is 16.7. The van der Waals surface area contributed by atoms with Crippen molar-refractivity contribution in [1.29, 1.82) is 0 Å². The van der Waals surface area contributed by atoms with Gasteiger partial charge in [-0.2, -0.15) is 0 Å². The van der Waals surface area contributed by atoms with Gasteiger partial charge in [0, 0.05) is 50.6 Å². The number of piperazine rings is 1. The van der Waals surface area contributed by atoms with Crippen molar-refractivity contribution in [3.05, 3.63) is 0 Å². The smallest absolute Gasteiger partial charge is 0.225 e. The summed E-state index contributed by atoms with van der Waals surface area (Å²) in [6.07, 6.45) is 0.405. The Labute approximate surface area is 138 Å². The molecule has 0 saturated carbocycles. The van der Waals surface area contributed by atoms with E-state index in [2.05, 4.69) is 4.90 Å². The van der Waals surface area contributed by atoms with Crippen LogP contribution < -0.4 is 0 Å². The van der Waals surface area contributed by atoms with Crippen LogP contribution in [0.25, 0.3) is 0 Å². The quantitative estimate of drug-likeness (QED) is 0.786. The molecule has 0 aliphatic carbocycles. The van der Waals surface area contributed by atoms with Crippen LogP contribution in [0, 0.1) is 11.8 Å². The van der Waals surface area contributed by atoms with Gasteiger partial charge < -0.3 is 14.9 Å². The summed E-state index contributed by atoms with van der Waals surface area (Å²) in [5.74, 6) is 0.348. The number of aliphatic hydroxyl groups excluding tert-OH is 1. The van der Waals surface area contributed by atoms with Gasteiger partial charge in [-0.15, -0.1) is 0 Å². The Kier molecular flexibility index (Phi) is 4.17. The maximum atomic E-state index is 12.5. The summed E-state index contributed by atoms with van der Waals surface area (Å²) in [7, 11) is 0. The number of amides is 2. The van der Waals surface area contributed by atoms with E-state index in [9.17, 15) is 14.7 Å². The maximum absolute atomic E-state index is 12.5.